The molecule has 1 aliphatic rings. The zero-order chi connectivity index (χ0) is 6.69. The minimum atomic E-state index is 0.847. The molecule has 0 nitrogen and oxygen atoms in total. The van der Waals surface area contributed by atoms with Crippen LogP contribution in [0, 0.1) is 5.92 Å². The van der Waals surface area contributed by atoms with Crippen molar-refractivity contribution in [1.29, 1.82) is 0 Å². The number of allylic oxidation sites excluding steroid dienone is 4. The van der Waals surface area contributed by atoms with Gasteiger partial charge in [-0.2, -0.15) is 0 Å². The normalized spacial score (nSPS) is 27.3. The van der Waals surface area contributed by atoms with Gasteiger partial charge in [-0.3, -0.25) is 0 Å². The van der Waals surface area contributed by atoms with Crippen LogP contribution in [-0.2, 0) is 0 Å². The lowest BCUT2D eigenvalue weighted by molar-refractivity contribution is 0.590. The predicted octanol–water partition coefficient (Wildman–Crippen LogP) is 2.92. The molecule has 0 aromatic rings. The van der Waals surface area contributed by atoms with Crippen molar-refractivity contribution in [2.45, 2.75) is 26.7 Å². The van der Waals surface area contributed by atoms with Crippen molar-refractivity contribution >= 4 is 0 Å². The largest absolute Gasteiger partial charge is 0.0843 e. The zero-order valence-electron chi connectivity index (χ0n) is 6.22. The van der Waals surface area contributed by atoms with Gasteiger partial charge < -0.3 is 0 Å². The van der Waals surface area contributed by atoms with E-state index in [-0.39, 0.29) is 0 Å². The maximum Gasteiger partial charge on any atom is -0.0291 e. The Bertz CT molecular complexity index is 140. The molecule has 0 aromatic carbocycles. The van der Waals surface area contributed by atoms with Crippen molar-refractivity contribution in [3.05, 3.63) is 23.8 Å². The fraction of sp³-hybridized carbons (Fsp3) is 0.556. The Labute approximate surface area is 57.3 Å². The van der Waals surface area contributed by atoms with E-state index in [4.69, 9.17) is 0 Å². The van der Waals surface area contributed by atoms with Gasteiger partial charge in [-0.15, -0.1) is 0 Å². The molecule has 1 unspecified atom stereocenters. The Morgan fingerprint density at radius 2 is 2.33 bits per heavy atom. The summed E-state index contributed by atoms with van der Waals surface area (Å²) >= 11 is 0. The highest BCUT2D eigenvalue weighted by Crippen LogP contribution is 2.17. The molecule has 0 heterocycles. The van der Waals surface area contributed by atoms with Crippen molar-refractivity contribution < 1.29 is 0 Å². The molecule has 0 aliphatic heterocycles. The monoisotopic (exact) mass is 122 g/mol. The van der Waals surface area contributed by atoms with Gasteiger partial charge in [0.2, 0.25) is 0 Å². The molecule has 9 heavy (non-hydrogen) atoms. The smallest absolute Gasteiger partial charge is 0.0291 e. The number of hydrogen-bond acceptors (Lipinski definition) is 0. The van der Waals surface area contributed by atoms with Crippen LogP contribution in [-0.4, -0.2) is 0 Å². The summed E-state index contributed by atoms with van der Waals surface area (Å²) in [6.07, 6.45) is 9.14. The summed E-state index contributed by atoms with van der Waals surface area (Å²) in [5.41, 5.74) is 1.51. The molecular weight excluding hydrogens is 108 g/mol. The first kappa shape index (κ1) is 6.60. The predicted molar refractivity (Wildman–Crippen MR) is 41.3 cm³/mol. The van der Waals surface area contributed by atoms with E-state index in [0.29, 0.717) is 0 Å². The molecule has 0 spiro atoms. The van der Waals surface area contributed by atoms with Crippen molar-refractivity contribution in [3.63, 3.8) is 0 Å². The van der Waals surface area contributed by atoms with Crippen molar-refractivity contribution in [3.8, 4) is 0 Å². The number of rotatable bonds is 0. The van der Waals surface area contributed by atoms with Crippen molar-refractivity contribution in [2.24, 2.45) is 5.92 Å². The quantitative estimate of drug-likeness (QED) is 0.463. The molecule has 1 aliphatic carbocycles. The second kappa shape index (κ2) is 2.86. The highest BCUT2D eigenvalue weighted by Gasteiger charge is 2.01. The van der Waals surface area contributed by atoms with Crippen LogP contribution in [0.3, 0.4) is 0 Å². The van der Waals surface area contributed by atoms with E-state index in [1.807, 2.05) is 0 Å². The zero-order valence-corrected chi connectivity index (χ0v) is 6.22. The third-order valence-electron chi connectivity index (χ3n) is 1.73. The second-order valence-electron chi connectivity index (χ2n) is 2.99. The summed E-state index contributed by atoms with van der Waals surface area (Å²) in [4.78, 5) is 0. The lowest BCUT2D eigenvalue weighted by Crippen LogP contribution is -1.90. The van der Waals surface area contributed by atoms with E-state index in [1.54, 1.807) is 0 Å². The minimum Gasteiger partial charge on any atom is -0.0843 e. The SMILES string of the molecule is CC1=CC=CCC(C)C1. The van der Waals surface area contributed by atoms with E-state index in [0.717, 1.165) is 5.92 Å². The summed E-state index contributed by atoms with van der Waals surface area (Å²) in [5, 5.41) is 0. The average Bonchev–Trinajstić information content (AvgIpc) is 1.93. The Balaban J connectivity index is 2.58. The Morgan fingerprint density at radius 3 is 3.11 bits per heavy atom. The van der Waals surface area contributed by atoms with Gasteiger partial charge >= 0.3 is 0 Å². The van der Waals surface area contributed by atoms with Crippen LogP contribution in [0.1, 0.15) is 26.7 Å². The van der Waals surface area contributed by atoms with E-state index < -0.39 is 0 Å². The number of hydrogen-bond donors (Lipinski definition) is 0. The highest BCUT2D eigenvalue weighted by molar-refractivity contribution is 5.13. The molecule has 0 heteroatoms. The van der Waals surface area contributed by atoms with E-state index in [1.165, 1.54) is 18.4 Å². The van der Waals surface area contributed by atoms with Gasteiger partial charge in [-0.25, -0.2) is 0 Å². The van der Waals surface area contributed by atoms with Crippen LogP contribution in [0.5, 0.6) is 0 Å². The minimum absolute atomic E-state index is 0.847. The van der Waals surface area contributed by atoms with Gasteiger partial charge in [0.25, 0.3) is 0 Å². The topological polar surface area (TPSA) is 0 Å². The van der Waals surface area contributed by atoms with Gasteiger partial charge in [-0.1, -0.05) is 30.7 Å². The first-order chi connectivity index (χ1) is 4.29. The maximum atomic E-state index is 2.30. The molecule has 0 fully saturated rings. The summed E-state index contributed by atoms with van der Waals surface area (Å²) in [5.74, 6) is 0.847. The van der Waals surface area contributed by atoms with E-state index in [9.17, 15) is 0 Å². The van der Waals surface area contributed by atoms with Gasteiger partial charge in [0.1, 0.15) is 0 Å². The van der Waals surface area contributed by atoms with Gasteiger partial charge in [0, 0.05) is 0 Å². The molecule has 1 rings (SSSR count). The third-order valence-corrected chi connectivity index (χ3v) is 1.73. The molecular formula is C9H14. The van der Waals surface area contributed by atoms with Crippen LogP contribution in [0.25, 0.3) is 0 Å². The van der Waals surface area contributed by atoms with Crippen molar-refractivity contribution in [1.82, 2.24) is 0 Å². The Morgan fingerprint density at radius 1 is 1.56 bits per heavy atom. The summed E-state index contributed by atoms with van der Waals surface area (Å²) in [6.45, 7) is 4.50. The molecule has 0 saturated heterocycles. The lowest BCUT2D eigenvalue weighted by Gasteiger charge is -2.04. The molecule has 0 radical (unpaired) electrons. The molecule has 0 saturated carbocycles. The van der Waals surface area contributed by atoms with Crippen LogP contribution >= 0.6 is 0 Å². The standard InChI is InChI=1S/C9H14/c1-8-5-3-4-6-9(2)7-8/h3-5,9H,6-7H2,1-2H3. The van der Waals surface area contributed by atoms with Gasteiger partial charge in [-0.05, 0) is 25.7 Å². The van der Waals surface area contributed by atoms with E-state index >= 15 is 0 Å². The Kier molecular flexibility index (Phi) is 2.10. The van der Waals surface area contributed by atoms with Crippen LogP contribution < -0.4 is 0 Å². The maximum absolute atomic E-state index is 2.30. The second-order valence-corrected chi connectivity index (χ2v) is 2.99. The summed E-state index contributed by atoms with van der Waals surface area (Å²) < 4.78 is 0. The highest BCUT2D eigenvalue weighted by atomic mass is 14.1. The van der Waals surface area contributed by atoms with E-state index in [2.05, 4.69) is 32.1 Å². The average molecular weight is 122 g/mol. The fourth-order valence-electron chi connectivity index (χ4n) is 1.24. The molecule has 0 bridgehead atoms. The summed E-state index contributed by atoms with van der Waals surface area (Å²) in [6, 6.07) is 0. The third kappa shape index (κ3) is 2.05. The van der Waals surface area contributed by atoms with Crippen LogP contribution in [0.15, 0.2) is 23.8 Å². The lowest BCUT2D eigenvalue weighted by atomic mass is 10.0. The molecule has 0 aromatic heterocycles. The van der Waals surface area contributed by atoms with Crippen LogP contribution in [0.4, 0.5) is 0 Å². The summed E-state index contributed by atoms with van der Waals surface area (Å²) in [7, 11) is 0. The Hall–Kier alpha value is -0.520. The first-order valence-electron chi connectivity index (χ1n) is 3.61. The molecule has 50 valence electrons. The van der Waals surface area contributed by atoms with Crippen LogP contribution in [0.2, 0.25) is 0 Å². The fourth-order valence-corrected chi connectivity index (χ4v) is 1.24. The molecule has 1 atom stereocenters. The van der Waals surface area contributed by atoms with Crippen molar-refractivity contribution in [2.75, 3.05) is 0 Å². The van der Waals surface area contributed by atoms with Gasteiger partial charge in [0.05, 0.1) is 0 Å². The molecule has 0 N–H and O–H groups in total. The first-order valence-corrected chi connectivity index (χ1v) is 3.61. The molecule has 0 amide bonds. The van der Waals surface area contributed by atoms with Gasteiger partial charge in [0.15, 0.2) is 0 Å².